The molecule has 0 saturated heterocycles. The minimum atomic E-state index is 1.21. The van der Waals surface area contributed by atoms with Crippen molar-refractivity contribution >= 4 is 0 Å². The van der Waals surface area contributed by atoms with Gasteiger partial charge < -0.3 is 4.48 Å². The summed E-state index contributed by atoms with van der Waals surface area (Å²) >= 11 is 0. The fourth-order valence-electron chi connectivity index (χ4n) is 1.62. The highest BCUT2D eigenvalue weighted by Gasteiger charge is 2.13. The van der Waals surface area contributed by atoms with Crippen molar-refractivity contribution in [1.82, 2.24) is 0 Å². The van der Waals surface area contributed by atoms with Crippen LogP contribution in [0.25, 0.3) is 0 Å². The van der Waals surface area contributed by atoms with Gasteiger partial charge >= 0.3 is 0 Å². The van der Waals surface area contributed by atoms with Gasteiger partial charge in [-0.25, -0.2) is 0 Å². The van der Waals surface area contributed by atoms with Crippen LogP contribution < -0.4 is 0 Å². The molecular weight excluding hydrogens is 134 g/mol. The van der Waals surface area contributed by atoms with Gasteiger partial charge in [0.05, 0.1) is 27.2 Å². The van der Waals surface area contributed by atoms with Crippen molar-refractivity contribution in [2.45, 2.75) is 25.7 Å². The molecular formula is C10H20N+. The minimum Gasteiger partial charge on any atom is -0.328 e. The molecule has 1 aliphatic rings. The van der Waals surface area contributed by atoms with Crippen molar-refractivity contribution in [2.75, 3.05) is 27.2 Å². The fraction of sp³-hybridized carbons (Fsp3) is 0.800. The fourth-order valence-corrected chi connectivity index (χ4v) is 1.62. The zero-order valence-electron chi connectivity index (χ0n) is 7.84. The Morgan fingerprint density at radius 3 is 1.82 bits per heavy atom. The molecule has 0 spiro atoms. The van der Waals surface area contributed by atoms with E-state index in [2.05, 4.69) is 26.2 Å². The molecule has 0 N–H and O–H groups in total. The van der Waals surface area contributed by atoms with Crippen LogP contribution in [-0.4, -0.2) is 31.7 Å². The molecule has 0 unspecified atom stereocenters. The average molecular weight is 154 g/mol. The van der Waals surface area contributed by atoms with E-state index in [0.717, 1.165) is 0 Å². The van der Waals surface area contributed by atoms with Crippen LogP contribution >= 0.6 is 0 Å². The summed E-state index contributed by atoms with van der Waals surface area (Å²) in [5, 5.41) is 0. The van der Waals surface area contributed by atoms with Crippen LogP contribution in [0.2, 0.25) is 0 Å². The molecule has 0 aromatic heterocycles. The predicted molar refractivity (Wildman–Crippen MR) is 49.5 cm³/mol. The highest BCUT2D eigenvalue weighted by molar-refractivity contribution is 4.81. The Bertz CT molecular complexity index is 122. The smallest absolute Gasteiger partial charge is 0.0785 e. The van der Waals surface area contributed by atoms with Crippen molar-refractivity contribution in [3.8, 4) is 0 Å². The first-order chi connectivity index (χ1) is 5.21. The highest BCUT2D eigenvalue weighted by atomic mass is 15.3. The van der Waals surface area contributed by atoms with Crippen molar-refractivity contribution in [3.63, 3.8) is 0 Å². The maximum absolute atomic E-state index is 2.34. The molecule has 11 heavy (non-hydrogen) atoms. The van der Waals surface area contributed by atoms with E-state index in [9.17, 15) is 0 Å². The summed E-state index contributed by atoms with van der Waals surface area (Å²) in [4.78, 5) is 0. The second-order valence-electron chi connectivity index (χ2n) is 4.14. The SMILES string of the molecule is C[N+]1(C)CCCC=CCCC1. The van der Waals surface area contributed by atoms with Crippen molar-refractivity contribution in [3.05, 3.63) is 12.2 Å². The molecule has 1 aliphatic heterocycles. The van der Waals surface area contributed by atoms with E-state index in [-0.39, 0.29) is 0 Å². The summed E-state index contributed by atoms with van der Waals surface area (Å²) < 4.78 is 1.21. The third kappa shape index (κ3) is 3.57. The molecule has 0 radical (unpaired) electrons. The molecule has 0 fully saturated rings. The van der Waals surface area contributed by atoms with E-state index < -0.39 is 0 Å². The van der Waals surface area contributed by atoms with E-state index in [1.807, 2.05) is 0 Å². The summed E-state index contributed by atoms with van der Waals surface area (Å²) in [7, 11) is 4.68. The number of nitrogens with zero attached hydrogens (tertiary/aromatic N) is 1. The predicted octanol–water partition coefficient (Wildman–Crippen LogP) is 2.19. The van der Waals surface area contributed by atoms with Crippen LogP contribution in [0.4, 0.5) is 0 Å². The first-order valence-corrected chi connectivity index (χ1v) is 4.68. The van der Waals surface area contributed by atoms with E-state index >= 15 is 0 Å². The van der Waals surface area contributed by atoms with Gasteiger partial charge in [-0.15, -0.1) is 0 Å². The molecule has 0 aromatic rings. The van der Waals surface area contributed by atoms with Crippen LogP contribution in [0.5, 0.6) is 0 Å². The Balaban J connectivity index is 2.39. The van der Waals surface area contributed by atoms with Gasteiger partial charge in [-0.05, 0) is 25.7 Å². The number of rotatable bonds is 0. The standard InChI is InChI=1S/C10H20N/c1-11(2)9-7-5-3-4-6-8-10-11/h3-4H,5-10H2,1-2H3/q+1. The maximum atomic E-state index is 2.34. The Morgan fingerprint density at radius 1 is 0.909 bits per heavy atom. The molecule has 64 valence electrons. The molecule has 0 saturated carbocycles. The van der Waals surface area contributed by atoms with Gasteiger partial charge in [-0.3, -0.25) is 0 Å². The first kappa shape index (κ1) is 8.79. The van der Waals surface area contributed by atoms with Crippen LogP contribution in [-0.2, 0) is 0 Å². The molecule has 1 nitrogen and oxygen atoms in total. The zero-order chi connectivity index (χ0) is 8.16. The quantitative estimate of drug-likeness (QED) is 0.370. The van der Waals surface area contributed by atoms with Crippen molar-refractivity contribution < 1.29 is 4.48 Å². The molecule has 0 bridgehead atoms. The molecule has 1 heteroatoms. The van der Waals surface area contributed by atoms with Gasteiger partial charge in [0.2, 0.25) is 0 Å². The third-order valence-corrected chi connectivity index (χ3v) is 2.44. The van der Waals surface area contributed by atoms with Crippen molar-refractivity contribution in [1.29, 1.82) is 0 Å². The maximum Gasteiger partial charge on any atom is 0.0785 e. The molecule has 1 heterocycles. The van der Waals surface area contributed by atoms with Gasteiger partial charge in [-0.2, -0.15) is 0 Å². The second-order valence-corrected chi connectivity index (χ2v) is 4.14. The monoisotopic (exact) mass is 154 g/mol. The van der Waals surface area contributed by atoms with E-state index in [1.54, 1.807) is 0 Å². The summed E-state index contributed by atoms with van der Waals surface area (Å²) in [6.07, 6.45) is 9.94. The molecule has 1 rings (SSSR count). The number of quaternary nitrogens is 1. The topological polar surface area (TPSA) is 0 Å². The molecule has 0 aliphatic carbocycles. The lowest BCUT2D eigenvalue weighted by atomic mass is 10.2. The minimum absolute atomic E-state index is 1.21. The van der Waals surface area contributed by atoms with Gasteiger partial charge in [-0.1, -0.05) is 12.2 Å². The van der Waals surface area contributed by atoms with Gasteiger partial charge in [0.1, 0.15) is 0 Å². The summed E-state index contributed by atoms with van der Waals surface area (Å²) in [6.45, 7) is 2.68. The Hall–Kier alpha value is -0.300. The third-order valence-electron chi connectivity index (χ3n) is 2.44. The first-order valence-electron chi connectivity index (χ1n) is 4.68. The average Bonchev–Trinajstić information content (AvgIpc) is 2.00. The van der Waals surface area contributed by atoms with Gasteiger partial charge in [0.25, 0.3) is 0 Å². The lowest BCUT2D eigenvalue weighted by molar-refractivity contribution is -0.890. The summed E-state index contributed by atoms with van der Waals surface area (Å²) in [5.74, 6) is 0. The lowest BCUT2D eigenvalue weighted by Crippen LogP contribution is -2.40. The van der Waals surface area contributed by atoms with E-state index in [0.29, 0.717) is 0 Å². The largest absolute Gasteiger partial charge is 0.328 e. The number of hydrogen-bond acceptors (Lipinski definition) is 0. The molecule has 0 atom stereocenters. The summed E-state index contributed by atoms with van der Waals surface area (Å²) in [6, 6.07) is 0. The highest BCUT2D eigenvalue weighted by Crippen LogP contribution is 2.08. The Morgan fingerprint density at radius 2 is 1.36 bits per heavy atom. The Labute approximate surface area is 70.3 Å². The van der Waals surface area contributed by atoms with Crippen LogP contribution in [0.3, 0.4) is 0 Å². The second kappa shape index (κ2) is 3.91. The van der Waals surface area contributed by atoms with Crippen LogP contribution in [0, 0.1) is 0 Å². The molecule has 0 amide bonds. The van der Waals surface area contributed by atoms with Gasteiger partial charge in [0.15, 0.2) is 0 Å². The van der Waals surface area contributed by atoms with E-state index in [4.69, 9.17) is 0 Å². The number of hydrogen-bond donors (Lipinski definition) is 0. The van der Waals surface area contributed by atoms with E-state index in [1.165, 1.54) is 43.3 Å². The lowest BCUT2D eigenvalue weighted by Gasteiger charge is -2.29. The molecule has 0 aromatic carbocycles. The normalized spacial score (nSPS) is 25.3. The van der Waals surface area contributed by atoms with Crippen LogP contribution in [0.15, 0.2) is 12.2 Å². The van der Waals surface area contributed by atoms with Gasteiger partial charge in [0, 0.05) is 0 Å². The number of allylic oxidation sites excluding steroid dienone is 2. The zero-order valence-corrected chi connectivity index (χ0v) is 7.84. The van der Waals surface area contributed by atoms with Crippen LogP contribution in [0.1, 0.15) is 25.7 Å². The van der Waals surface area contributed by atoms with Crippen molar-refractivity contribution in [2.24, 2.45) is 0 Å². The Kier molecular flexibility index (Phi) is 3.13. The summed E-state index contributed by atoms with van der Waals surface area (Å²) in [5.41, 5.74) is 0.